The molecule has 0 spiro atoms. The molecule has 3 nitrogen and oxygen atoms in total. The quantitative estimate of drug-likeness (QED) is 0.752. The number of furan rings is 1. The summed E-state index contributed by atoms with van der Waals surface area (Å²) in [6.45, 7) is 2.03. The summed E-state index contributed by atoms with van der Waals surface area (Å²) < 4.78 is 5.15. The van der Waals surface area contributed by atoms with Gasteiger partial charge in [0.1, 0.15) is 5.76 Å². The smallest absolute Gasteiger partial charge is 0.113 e. The SMILES string of the molecule is CC(O)(CN)CSCc1ccco1. The Hall–Kier alpha value is -0.450. The number of nitrogens with two attached hydrogens (primary N) is 1. The Labute approximate surface area is 82.3 Å². The highest BCUT2D eigenvalue weighted by molar-refractivity contribution is 7.98. The molecule has 0 saturated carbocycles. The van der Waals surface area contributed by atoms with E-state index in [4.69, 9.17) is 10.2 Å². The van der Waals surface area contributed by atoms with E-state index in [1.807, 2.05) is 12.1 Å². The van der Waals surface area contributed by atoms with Gasteiger partial charge in [0.15, 0.2) is 0 Å². The highest BCUT2D eigenvalue weighted by atomic mass is 32.2. The predicted octanol–water partition coefficient (Wildman–Crippen LogP) is 1.22. The number of thioether (sulfide) groups is 1. The van der Waals surface area contributed by atoms with Crippen molar-refractivity contribution in [1.82, 2.24) is 0 Å². The van der Waals surface area contributed by atoms with Crippen LogP contribution in [0.15, 0.2) is 22.8 Å². The van der Waals surface area contributed by atoms with E-state index < -0.39 is 5.60 Å². The molecule has 1 unspecified atom stereocenters. The lowest BCUT2D eigenvalue weighted by atomic mass is 10.1. The Bertz CT molecular complexity index is 234. The van der Waals surface area contributed by atoms with Crippen LogP contribution < -0.4 is 5.73 Å². The summed E-state index contributed by atoms with van der Waals surface area (Å²) in [6, 6.07) is 3.78. The fraction of sp³-hybridized carbons (Fsp3) is 0.556. The van der Waals surface area contributed by atoms with Crippen molar-refractivity contribution in [3.05, 3.63) is 24.2 Å². The molecule has 0 aliphatic rings. The lowest BCUT2D eigenvalue weighted by Crippen LogP contribution is -2.36. The predicted molar refractivity (Wildman–Crippen MR) is 54.5 cm³/mol. The van der Waals surface area contributed by atoms with E-state index in [0.717, 1.165) is 11.5 Å². The first-order valence-corrected chi connectivity index (χ1v) is 5.32. The molecular weight excluding hydrogens is 186 g/mol. The highest BCUT2D eigenvalue weighted by Crippen LogP contribution is 2.17. The molecule has 0 bridgehead atoms. The molecular formula is C9H15NO2S. The molecule has 74 valence electrons. The van der Waals surface area contributed by atoms with Crippen LogP contribution in [0.2, 0.25) is 0 Å². The van der Waals surface area contributed by atoms with Crippen LogP contribution in [-0.4, -0.2) is 23.0 Å². The fourth-order valence-electron chi connectivity index (χ4n) is 0.825. The van der Waals surface area contributed by atoms with Crippen molar-refractivity contribution in [1.29, 1.82) is 0 Å². The summed E-state index contributed by atoms with van der Waals surface area (Å²) in [7, 11) is 0. The van der Waals surface area contributed by atoms with E-state index in [2.05, 4.69) is 0 Å². The molecule has 0 aliphatic heterocycles. The van der Waals surface area contributed by atoms with Crippen molar-refractivity contribution in [3.63, 3.8) is 0 Å². The molecule has 1 atom stereocenters. The minimum atomic E-state index is -0.767. The standard InChI is InChI=1S/C9H15NO2S/c1-9(11,6-10)7-13-5-8-3-2-4-12-8/h2-4,11H,5-7,10H2,1H3. The minimum absolute atomic E-state index is 0.290. The van der Waals surface area contributed by atoms with Gasteiger partial charge in [-0.2, -0.15) is 11.8 Å². The second-order valence-electron chi connectivity index (χ2n) is 3.27. The van der Waals surface area contributed by atoms with Gasteiger partial charge in [0, 0.05) is 12.3 Å². The van der Waals surface area contributed by atoms with Crippen LogP contribution in [0.3, 0.4) is 0 Å². The van der Waals surface area contributed by atoms with Gasteiger partial charge >= 0.3 is 0 Å². The van der Waals surface area contributed by atoms with Crippen LogP contribution in [-0.2, 0) is 5.75 Å². The van der Waals surface area contributed by atoms with Crippen LogP contribution in [0.5, 0.6) is 0 Å². The van der Waals surface area contributed by atoms with Crippen LogP contribution in [0.25, 0.3) is 0 Å². The lowest BCUT2D eigenvalue weighted by Gasteiger charge is -2.19. The monoisotopic (exact) mass is 201 g/mol. The zero-order chi connectivity index (χ0) is 9.73. The molecule has 0 aliphatic carbocycles. The summed E-state index contributed by atoms with van der Waals surface area (Å²) in [4.78, 5) is 0. The zero-order valence-corrected chi connectivity index (χ0v) is 8.51. The Morgan fingerprint density at radius 3 is 3.00 bits per heavy atom. The summed E-state index contributed by atoms with van der Waals surface area (Å²) in [5.74, 6) is 2.34. The number of rotatable bonds is 5. The molecule has 0 fully saturated rings. The number of hydrogen-bond acceptors (Lipinski definition) is 4. The first-order chi connectivity index (χ1) is 6.14. The van der Waals surface area contributed by atoms with Gasteiger partial charge in [0.2, 0.25) is 0 Å². The molecule has 3 N–H and O–H groups in total. The van der Waals surface area contributed by atoms with E-state index in [1.165, 1.54) is 0 Å². The molecule has 1 aromatic rings. The van der Waals surface area contributed by atoms with Gasteiger partial charge in [-0.05, 0) is 19.1 Å². The van der Waals surface area contributed by atoms with E-state index >= 15 is 0 Å². The first-order valence-electron chi connectivity index (χ1n) is 4.17. The maximum Gasteiger partial charge on any atom is 0.113 e. The van der Waals surface area contributed by atoms with E-state index in [9.17, 15) is 5.11 Å². The molecule has 4 heteroatoms. The lowest BCUT2D eigenvalue weighted by molar-refractivity contribution is 0.0949. The number of aliphatic hydroxyl groups is 1. The van der Waals surface area contributed by atoms with Crippen molar-refractivity contribution in [3.8, 4) is 0 Å². The van der Waals surface area contributed by atoms with Crippen molar-refractivity contribution < 1.29 is 9.52 Å². The zero-order valence-electron chi connectivity index (χ0n) is 7.69. The number of hydrogen-bond donors (Lipinski definition) is 2. The van der Waals surface area contributed by atoms with Gasteiger partial charge < -0.3 is 15.3 Å². The second kappa shape index (κ2) is 4.69. The molecule has 1 rings (SSSR count). The van der Waals surface area contributed by atoms with Gasteiger partial charge in [-0.1, -0.05) is 0 Å². The fourth-order valence-corrected chi connectivity index (χ4v) is 1.85. The molecule has 0 amide bonds. The maximum atomic E-state index is 9.58. The van der Waals surface area contributed by atoms with Gasteiger partial charge in [0.25, 0.3) is 0 Å². The van der Waals surface area contributed by atoms with Crippen LogP contribution in [0.1, 0.15) is 12.7 Å². The Morgan fingerprint density at radius 2 is 2.46 bits per heavy atom. The molecule has 1 heterocycles. The normalized spacial score (nSPS) is 15.6. The summed E-state index contributed by atoms with van der Waals surface area (Å²) in [6.07, 6.45) is 1.65. The molecule has 13 heavy (non-hydrogen) atoms. The van der Waals surface area contributed by atoms with Crippen LogP contribution >= 0.6 is 11.8 Å². The van der Waals surface area contributed by atoms with E-state index in [1.54, 1.807) is 24.9 Å². The Balaban J connectivity index is 2.21. The average molecular weight is 201 g/mol. The van der Waals surface area contributed by atoms with Crippen molar-refractivity contribution in [2.24, 2.45) is 5.73 Å². The van der Waals surface area contributed by atoms with Gasteiger partial charge in [-0.25, -0.2) is 0 Å². The third kappa shape index (κ3) is 3.85. The third-order valence-electron chi connectivity index (χ3n) is 1.68. The van der Waals surface area contributed by atoms with Crippen LogP contribution in [0, 0.1) is 0 Å². The van der Waals surface area contributed by atoms with Crippen molar-refractivity contribution in [2.45, 2.75) is 18.3 Å². The Kier molecular flexibility index (Phi) is 3.84. The second-order valence-corrected chi connectivity index (χ2v) is 4.26. The first kappa shape index (κ1) is 10.6. The topological polar surface area (TPSA) is 59.4 Å². The van der Waals surface area contributed by atoms with E-state index in [-0.39, 0.29) is 6.54 Å². The van der Waals surface area contributed by atoms with E-state index in [0.29, 0.717) is 5.75 Å². The average Bonchev–Trinajstić information content (AvgIpc) is 2.57. The largest absolute Gasteiger partial charge is 0.468 e. The maximum absolute atomic E-state index is 9.58. The van der Waals surface area contributed by atoms with Crippen molar-refractivity contribution in [2.75, 3.05) is 12.3 Å². The van der Waals surface area contributed by atoms with Gasteiger partial charge in [-0.15, -0.1) is 0 Å². The van der Waals surface area contributed by atoms with Crippen molar-refractivity contribution >= 4 is 11.8 Å². The molecule has 0 aromatic carbocycles. The van der Waals surface area contributed by atoms with Gasteiger partial charge in [-0.3, -0.25) is 0 Å². The molecule has 0 radical (unpaired) electrons. The summed E-state index contributed by atoms with van der Waals surface area (Å²) >= 11 is 1.62. The Morgan fingerprint density at radius 1 is 1.69 bits per heavy atom. The molecule has 1 aromatic heterocycles. The highest BCUT2D eigenvalue weighted by Gasteiger charge is 2.17. The summed E-state index contributed by atoms with van der Waals surface area (Å²) in [5.41, 5.74) is 4.61. The third-order valence-corrected chi connectivity index (χ3v) is 2.99. The summed E-state index contributed by atoms with van der Waals surface area (Å²) in [5, 5.41) is 9.58. The van der Waals surface area contributed by atoms with Crippen LogP contribution in [0.4, 0.5) is 0 Å². The van der Waals surface area contributed by atoms with Gasteiger partial charge in [0.05, 0.1) is 17.6 Å². The minimum Gasteiger partial charge on any atom is -0.468 e. The molecule has 0 saturated heterocycles.